The van der Waals surface area contributed by atoms with Gasteiger partial charge in [-0.05, 0) is 25.0 Å². The summed E-state index contributed by atoms with van der Waals surface area (Å²) in [6.07, 6.45) is 4.29. The summed E-state index contributed by atoms with van der Waals surface area (Å²) in [4.78, 5) is 2.21. The molecule has 2 rings (SSSR count). The van der Waals surface area contributed by atoms with E-state index in [0.717, 1.165) is 12.8 Å². The Hall–Kier alpha value is -1.02. The Labute approximate surface area is 91.5 Å². The zero-order chi connectivity index (χ0) is 10.7. The van der Waals surface area contributed by atoms with Crippen LogP contribution in [0.3, 0.4) is 0 Å². The van der Waals surface area contributed by atoms with Crippen LogP contribution in [0.4, 0.5) is 5.69 Å². The second kappa shape index (κ2) is 4.67. The maximum absolute atomic E-state index is 9.96. The van der Waals surface area contributed by atoms with Crippen LogP contribution in [0.2, 0.25) is 0 Å². The maximum atomic E-state index is 9.96. The molecule has 1 aliphatic carbocycles. The number of anilines is 1. The van der Waals surface area contributed by atoms with Gasteiger partial charge >= 0.3 is 0 Å². The van der Waals surface area contributed by atoms with Gasteiger partial charge in [-0.2, -0.15) is 0 Å². The molecule has 1 aliphatic rings. The van der Waals surface area contributed by atoms with Crippen molar-refractivity contribution in [1.29, 1.82) is 0 Å². The van der Waals surface area contributed by atoms with Gasteiger partial charge in [-0.1, -0.05) is 31.0 Å². The number of hydrogen-bond acceptors (Lipinski definition) is 2. The number of benzene rings is 1. The van der Waals surface area contributed by atoms with Gasteiger partial charge in [-0.3, -0.25) is 0 Å². The molecule has 0 amide bonds. The van der Waals surface area contributed by atoms with E-state index in [9.17, 15) is 5.11 Å². The molecule has 1 aromatic carbocycles. The standard InChI is InChI=1S/C13H19NO/c1-14(11-7-3-2-4-8-11)12-9-5-6-10-13(12)15/h2-4,7-8,12-13,15H,5-6,9-10H2,1H3/t12?,13-/m1/s1. The molecule has 0 aromatic heterocycles. The molecule has 1 N–H and O–H groups in total. The molecule has 15 heavy (non-hydrogen) atoms. The lowest BCUT2D eigenvalue weighted by Crippen LogP contribution is -2.43. The van der Waals surface area contributed by atoms with Crippen molar-refractivity contribution in [2.45, 2.75) is 37.8 Å². The number of rotatable bonds is 2. The molecule has 0 saturated heterocycles. The van der Waals surface area contributed by atoms with Crippen LogP contribution >= 0.6 is 0 Å². The predicted octanol–water partition coefficient (Wildman–Crippen LogP) is 2.43. The lowest BCUT2D eigenvalue weighted by atomic mass is 9.91. The van der Waals surface area contributed by atoms with Crippen LogP contribution in [0.15, 0.2) is 30.3 Å². The zero-order valence-corrected chi connectivity index (χ0v) is 9.26. The Morgan fingerprint density at radius 2 is 1.80 bits per heavy atom. The minimum Gasteiger partial charge on any atom is -0.391 e. The Bertz CT molecular complexity index is 299. The van der Waals surface area contributed by atoms with E-state index in [4.69, 9.17) is 0 Å². The molecule has 1 fully saturated rings. The number of aliphatic hydroxyl groups is 1. The van der Waals surface area contributed by atoms with Crippen molar-refractivity contribution in [2.24, 2.45) is 0 Å². The predicted molar refractivity (Wildman–Crippen MR) is 63.1 cm³/mol. The minimum absolute atomic E-state index is 0.163. The number of para-hydroxylation sites is 1. The Balaban J connectivity index is 2.09. The third kappa shape index (κ3) is 2.32. The molecule has 2 atom stereocenters. The largest absolute Gasteiger partial charge is 0.391 e. The van der Waals surface area contributed by atoms with Crippen molar-refractivity contribution < 1.29 is 5.11 Å². The van der Waals surface area contributed by atoms with Crippen LogP contribution in [0.1, 0.15) is 25.7 Å². The quantitative estimate of drug-likeness (QED) is 0.801. The molecule has 1 unspecified atom stereocenters. The van der Waals surface area contributed by atoms with Crippen LogP contribution in [0.25, 0.3) is 0 Å². The highest BCUT2D eigenvalue weighted by molar-refractivity contribution is 5.46. The number of likely N-dealkylation sites (N-methyl/N-ethyl adjacent to an activating group) is 1. The van der Waals surface area contributed by atoms with Crippen LogP contribution in [-0.2, 0) is 0 Å². The van der Waals surface area contributed by atoms with Gasteiger partial charge in [-0.15, -0.1) is 0 Å². The summed E-state index contributed by atoms with van der Waals surface area (Å²) >= 11 is 0. The number of hydrogen-bond donors (Lipinski definition) is 1. The molecule has 0 aliphatic heterocycles. The first-order valence-corrected chi connectivity index (χ1v) is 5.75. The summed E-state index contributed by atoms with van der Waals surface area (Å²) in [5.41, 5.74) is 1.20. The van der Waals surface area contributed by atoms with E-state index in [1.807, 2.05) is 18.2 Å². The molecule has 2 heteroatoms. The fourth-order valence-corrected chi connectivity index (χ4v) is 2.40. The fourth-order valence-electron chi connectivity index (χ4n) is 2.40. The van der Waals surface area contributed by atoms with E-state index >= 15 is 0 Å². The van der Waals surface area contributed by atoms with E-state index in [1.165, 1.54) is 18.5 Å². The summed E-state index contributed by atoms with van der Waals surface area (Å²) in [5.74, 6) is 0. The van der Waals surface area contributed by atoms with E-state index < -0.39 is 0 Å². The van der Waals surface area contributed by atoms with E-state index in [2.05, 4.69) is 24.1 Å². The van der Waals surface area contributed by atoms with Crippen molar-refractivity contribution in [3.63, 3.8) is 0 Å². The highest BCUT2D eigenvalue weighted by Gasteiger charge is 2.26. The van der Waals surface area contributed by atoms with Crippen molar-refractivity contribution in [3.8, 4) is 0 Å². The molecule has 0 heterocycles. The normalized spacial score (nSPS) is 26.3. The highest BCUT2D eigenvalue weighted by Crippen LogP contribution is 2.26. The molecule has 1 saturated carbocycles. The highest BCUT2D eigenvalue weighted by atomic mass is 16.3. The average molecular weight is 205 g/mol. The van der Waals surface area contributed by atoms with Crippen LogP contribution in [0, 0.1) is 0 Å². The molecular weight excluding hydrogens is 186 g/mol. The molecule has 2 nitrogen and oxygen atoms in total. The summed E-state index contributed by atoms with van der Waals surface area (Å²) in [5, 5.41) is 9.96. The summed E-state index contributed by atoms with van der Waals surface area (Å²) in [6.45, 7) is 0. The topological polar surface area (TPSA) is 23.5 Å². The van der Waals surface area contributed by atoms with Gasteiger partial charge < -0.3 is 10.0 Å². The summed E-state index contributed by atoms with van der Waals surface area (Å²) in [7, 11) is 2.08. The van der Waals surface area contributed by atoms with Gasteiger partial charge in [0, 0.05) is 12.7 Å². The van der Waals surface area contributed by atoms with Gasteiger partial charge in [0.25, 0.3) is 0 Å². The molecular formula is C13H19NO. The molecule has 0 bridgehead atoms. The fraction of sp³-hybridized carbons (Fsp3) is 0.538. The zero-order valence-electron chi connectivity index (χ0n) is 9.26. The molecule has 0 radical (unpaired) electrons. The molecule has 0 spiro atoms. The third-order valence-electron chi connectivity index (χ3n) is 3.35. The lowest BCUT2D eigenvalue weighted by molar-refractivity contribution is 0.106. The minimum atomic E-state index is -0.163. The van der Waals surface area contributed by atoms with Gasteiger partial charge in [-0.25, -0.2) is 0 Å². The van der Waals surface area contributed by atoms with Crippen LogP contribution in [0.5, 0.6) is 0 Å². The van der Waals surface area contributed by atoms with Crippen molar-refractivity contribution in [2.75, 3.05) is 11.9 Å². The lowest BCUT2D eigenvalue weighted by Gasteiger charge is -2.36. The van der Waals surface area contributed by atoms with Crippen LogP contribution < -0.4 is 4.90 Å². The second-order valence-electron chi connectivity index (χ2n) is 4.37. The van der Waals surface area contributed by atoms with Gasteiger partial charge in [0.2, 0.25) is 0 Å². The van der Waals surface area contributed by atoms with E-state index in [1.54, 1.807) is 0 Å². The van der Waals surface area contributed by atoms with Gasteiger partial charge in [0.1, 0.15) is 0 Å². The number of nitrogens with zero attached hydrogens (tertiary/aromatic N) is 1. The van der Waals surface area contributed by atoms with E-state index in [0.29, 0.717) is 6.04 Å². The molecule has 1 aromatic rings. The number of aliphatic hydroxyl groups excluding tert-OH is 1. The molecule has 82 valence electrons. The van der Waals surface area contributed by atoms with Gasteiger partial charge in [0.05, 0.1) is 12.1 Å². The Morgan fingerprint density at radius 1 is 1.13 bits per heavy atom. The Morgan fingerprint density at radius 3 is 2.47 bits per heavy atom. The van der Waals surface area contributed by atoms with Crippen LogP contribution in [-0.4, -0.2) is 24.3 Å². The average Bonchev–Trinajstić information content (AvgIpc) is 2.30. The first-order chi connectivity index (χ1) is 7.29. The van der Waals surface area contributed by atoms with Crippen molar-refractivity contribution >= 4 is 5.69 Å². The summed E-state index contributed by atoms with van der Waals surface area (Å²) in [6, 6.07) is 10.6. The monoisotopic (exact) mass is 205 g/mol. The first-order valence-electron chi connectivity index (χ1n) is 5.75. The first kappa shape index (κ1) is 10.5. The maximum Gasteiger partial charge on any atom is 0.0743 e. The SMILES string of the molecule is CN(c1ccccc1)C1CCCC[C@H]1O. The third-order valence-corrected chi connectivity index (χ3v) is 3.35. The Kier molecular flexibility index (Phi) is 3.27. The summed E-state index contributed by atoms with van der Waals surface area (Å²) < 4.78 is 0. The second-order valence-corrected chi connectivity index (χ2v) is 4.37. The van der Waals surface area contributed by atoms with E-state index in [-0.39, 0.29) is 6.10 Å². The van der Waals surface area contributed by atoms with Crippen molar-refractivity contribution in [3.05, 3.63) is 30.3 Å². The van der Waals surface area contributed by atoms with Gasteiger partial charge in [0.15, 0.2) is 0 Å². The smallest absolute Gasteiger partial charge is 0.0743 e. The van der Waals surface area contributed by atoms with Crippen molar-refractivity contribution in [1.82, 2.24) is 0 Å².